The summed E-state index contributed by atoms with van der Waals surface area (Å²) in [7, 11) is 0. The van der Waals surface area contributed by atoms with Crippen molar-refractivity contribution in [2.45, 2.75) is 53.4 Å². The molecule has 0 amide bonds. The van der Waals surface area contributed by atoms with E-state index in [0.29, 0.717) is 5.92 Å². The lowest BCUT2D eigenvalue weighted by atomic mass is 9.97. The Morgan fingerprint density at radius 1 is 1.08 bits per heavy atom. The highest BCUT2D eigenvalue weighted by atomic mass is 14.1. The SMILES string of the molecule is CCC(CC)CCC=CC(C)C. The number of rotatable bonds is 6. The van der Waals surface area contributed by atoms with Crippen molar-refractivity contribution in [3.8, 4) is 0 Å². The summed E-state index contributed by atoms with van der Waals surface area (Å²) in [5.41, 5.74) is 0. The van der Waals surface area contributed by atoms with Crippen molar-refractivity contribution in [2.24, 2.45) is 11.8 Å². The maximum Gasteiger partial charge on any atom is -0.0290 e. The molecule has 0 aliphatic carbocycles. The molecule has 72 valence electrons. The zero-order chi connectivity index (χ0) is 9.40. The van der Waals surface area contributed by atoms with E-state index in [2.05, 4.69) is 39.8 Å². The fraction of sp³-hybridized carbons (Fsp3) is 0.833. The van der Waals surface area contributed by atoms with Gasteiger partial charge in [-0.3, -0.25) is 0 Å². The van der Waals surface area contributed by atoms with E-state index >= 15 is 0 Å². The second kappa shape index (κ2) is 7.39. The van der Waals surface area contributed by atoms with Gasteiger partial charge in [-0.05, 0) is 24.7 Å². The summed E-state index contributed by atoms with van der Waals surface area (Å²) in [5, 5.41) is 0. The molecule has 0 N–H and O–H groups in total. The molecule has 0 aromatic heterocycles. The molecule has 0 spiro atoms. The van der Waals surface area contributed by atoms with Gasteiger partial charge in [0.25, 0.3) is 0 Å². The summed E-state index contributed by atoms with van der Waals surface area (Å²) >= 11 is 0. The lowest BCUT2D eigenvalue weighted by Gasteiger charge is -2.09. The first-order chi connectivity index (χ1) is 5.70. The molecule has 0 aromatic rings. The maximum absolute atomic E-state index is 2.34. The summed E-state index contributed by atoms with van der Waals surface area (Å²) in [6.07, 6.45) is 9.96. The van der Waals surface area contributed by atoms with E-state index in [0.717, 1.165) is 5.92 Å². The zero-order valence-corrected chi connectivity index (χ0v) is 9.14. The van der Waals surface area contributed by atoms with Crippen molar-refractivity contribution in [3.05, 3.63) is 12.2 Å². The summed E-state index contributed by atoms with van der Waals surface area (Å²) in [4.78, 5) is 0. The molecule has 0 saturated carbocycles. The molecule has 0 nitrogen and oxygen atoms in total. The summed E-state index contributed by atoms with van der Waals surface area (Å²) in [6, 6.07) is 0. The molecule has 12 heavy (non-hydrogen) atoms. The van der Waals surface area contributed by atoms with E-state index in [9.17, 15) is 0 Å². The Morgan fingerprint density at radius 3 is 2.08 bits per heavy atom. The van der Waals surface area contributed by atoms with Gasteiger partial charge in [-0.2, -0.15) is 0 Å². The van der Waals surface area contributed by atoms with Crippen LogP contribution in [-0.2, 0) is 0 Å². The molecule has 0 aliphatic heterocycles. The van der Waals surface area contributed by atoms with Crippen LogP contribution in [0.3, 0.4) is 0 Å². The Hall–Kier alpha value is -0.260. The van der Waals surface area contributed by atoms with Gasteiger partial charge in [0.05, 0.1) is 0 Å². The van der Waals surface area contributed by atoms with Crippen LogP contribution in [0.1, 0.15) is 53.4 Å². The minimum atomic E-state index is 0.715. The number of hydrogen-bond donors (Lipinski definition) is 0. The molecule has 0 heteroatoms. The normalized spacial score (nSPS) is 12.2. The van der Waals surface area contributed by atoms with Crippen LogP contribution >= 0.6 is 0 Å². The first-order valence-electron chi connectivity index (χ1n) is 5.37. The third-order valence-electron chi connectivity index (χ3n) is 2.42. The fourth-order valence-electron chi connectivity index (χ4n) is 1.40. The monoisotopic (exact) mass is 168 g/mol. The van der Waals surface area contributed by atoms with Crippen molar-refractivity contribution in [1.82, 2.24) is 0 Å². The Morgan fingerprint density at radius 2 is 1.67 bits per heavy atom. The second-order valence-electron chi connectivity index (χ2n) is 3.93. The smallest absolute Gasteiger partial charge is 0.0290 e. The maximum atomic E-state index is 2.34. The summed E-state index contributed by atoms with van der Waals surface area (Å²) < 4.78 is 0. The molecular weight excluding hydrogens is 144 g/mol. The molecule has 0 aromatic carbocycles. The highest BCUT2D eigenvalue weighted by molar-refractivity contribution is 4.84. The van der Waals surface area contributed by atoms with Crippen LogP contribution < -0.4 is 0 Å². The average Bonchev–Trinajstić information content (AvgIpc) is 2.04. The van der Waals surface area contributed by atoms with Crippen molar-refractivity contribution in [3.63, 3.8) is 0 Å². The van der Waals surface area contributed by atoms with Crippen LogP contribution in [-0.4, -0.2) is 0 Å². The van der Waals surface area contributed by atoms with Gasteiger partial charge in [-0.1, -0.05) is 52.7 Å². The second-order valence-corrected chi connectivity index (χ2v) is 3.93. The molecule has 0 rings (SSSR count). The van der Waals surface area contributed by atoms with Gasteiger partial charge in [0.2, 0.25) is 0 Å². The van der Waals surface area contributed by atoms with Crippen LogP contribution in [0.25, 0.3) is 0 Å². The lowest BCUT2D eigenvalue weighted by molar-refractivity contribution is 0.460. The Kier molecular flexibility index (Phi) is 7.23. The molecule has 0 atom stereocenters. The lowest BCUT2D eigenvalue weighted by Crippen LogP contribution is -1.95. The van der Waals surface area contributed by atoms with Crippen LogP contribution in [0, 0.1) is 11.8 Å². The predicted molar refractivity (Wildman–Crippen MR) is 57.3 cm³/mol. The van der Waals surface area contributed by atoms with E-state index in [1.54, 1.807) is 0 Å². The highest BCUT2D eigenvalue weighted by Crippen LogP contribution is 2.14. The summed E-state index contributed by atoms with van der Waals surface area (Å²) in [5.74, 6) is 1.66. The third kappa shape index (κ3) is 6.45. The van der Waals surface area contributed by atoms with Gasteiger partial charge in [0.15, 0.2) is 0 Å². The average molecular weight is 168 g/mol. The minimum absolute atomic E-state index is 0.715. The van der Waals surface area contributed by atoms with Gasteiger partial charge in [-0.15, -0.1) is 0 Å². The van der Waals surface area contributed by atoms with Crippen molar-refractivity contribution >= 4 is 0 Å². The van der Waals surface area contributed by atoms with E-state index in [-0.39, 0.29) is 0 Å². The predicted octanol–water partition coefficient (Wildman–Crippen LogP) is 4.42. The standard InChI is InChI=1S/C12H24/c1-5-12(6-2)10-8-7-9-11(3)4/h7,9,11-12H,5-6,8,10H2,1-4H3. The molecule has 0 heterocycles. The van der Waals surface area contributed by atoms with Crippen molar-refractivity contribution in [2.75, 3.05) is 0 Å². The molecule has 0 unspecified atom stereocenters. The summed E-state index contributed by atoms with van der Waals surface area (Å²) in [6.45, 7) is 9.04. The number of allylic oxidation sites excluding steroid dienone is 2. The van der Waals surface area contributed by atoms with Crippen LogP contribution in [0.15, 0.2) is 12.2 Å². The van der Waals surface area contributed by atoms with E-state index in [1.165, 1.54) is 25.7 Å². The third-order valence-corrected chi connectivity index (χ3v) is 2.42. The highest BCUT2D eigenvalue weighted by Gasteiger charge is 2.00. The Bertz CT molecular complexity index is 107. The molecule has 0 aliphatic rings. The van der Waals surface area contributed by atoms with Gasteiger partial charge >= 0.3 is 0 Å². The minimum Gasteiger partial charge on any atom is -0.0883 e. The van der Waals surface area contributed by atoms with E-state index < -0.39 is 0 Å². The van der Waals surface area contributed by atoms with Gasteiger partial charge in [0.1, 0.15) is 0 Å². The van der Waals surface area contributed by atoms with Crippen LogP contribution in [0.2, 0.25) is 0 Å². The van der Waals surface area contributed by atoms with Crippen molar-refractivity contribution < 1.29 is 0 Å². The largest absolute Gasteiger partial charge is 0.0883 e. The Labute approximate surface area is 78.1 Å². The number of hydrogen-bond acceptors (Lipinski definition) is 0. The van der Waals surface area contributed by atoms with Gasteiger partial charge < -0.3 is 0 Å². The van der Waals surface area contributed by atoms with Crippen LogP contribution in [0.5, 0.6) is 0 Å². The van der Waals surface area contributed by atoms with Gasteiger partial charge in [-0.25, -0.2) is 0 Å². The Balaban J connectivity index is 3.40. The first-order valence-corrected chi connectivity index (χ1v) is 5.37. The van der Waals surface area contributed by atoms with E-state index in [4.69, 9.17) is 0 Å². The topological polar surface area (TPSA) is 0 Å². The van der Waals surface area contributed by atoms with Crippen molar-refractivity contribution in [1.29, 1.82) is 0 Å². The van der Waals surface area contributed by atoms with Gasteiger partial charge in [0, 0.05) is 0 Å². The van der Waals surface area contributed by atoms with E-state index in [1.807, 2.05) is 0 Å². The molecule has 0 saturated heterocycles. The quantitative estimate of drug-likeness (QED) is 0.515. The molecule has 0 fully saturated rings. The molecule has 0 bridgehead atoms. The first kappa shape index (κ1) is 11.7. The zero-order valence-electron chi connectivity index (χ0n) is 9.14. The molecule has 0 radical (unpaired) electrons. The fourth-order valence-corrected chi connectivity index (χ4v) is 1.40. The molecular formula is C12H24. The van der Waals surface area contributed by atoms with Crippen LogP contribution in [0.4, 0.5) is 0 Å².